The fourth-order valence-corrected chi connectivity index (χ4v) is 4.70. The van der Waals surface area contributed by atoms with Gasteiger partial charge in [0.05, 0.1) is 18.8 Å². The van der Waals surface area contributed by atoms with Crippen molar-refractivity contribution in [1.29, 1.82) is 0 Å². The van der Waals surface area contributed by atoms with E-state index >= 15 is 0 Å². The standard InChI is InChI=1S/C30H34N2O3S/c33-29(27-13-7-8-14-28(27)35-22-20-24-11-5-2-6-12-24)32-30(36)31-25-15-17-26(18-16-25)34-21-19-23-9-3-1-4-10-23/h2,5-8,11-18,23H,1,3-4,9-10,19-22H2,(H2,31,32,33,36). The molecule has 0 heterocycles. The molecule has 1 aliphatic rings. The third-order valence-corrected chi connectivity index (χ3v) is 6.69. The Hall–Kier alpha value is -3.38. The van der Waals surface area contributed by atoms with Crippen LogP contribution in [0.15, 0.2) is 78.9 Å². The van der Waals surface area contributed by atoms with Gasteiger partial charge in [0.25, 0.3) is 5.91 Å². The SMILES string of the molecule is O=C(NC(=S)Nc1ccc(OCCC2CCCCC2)cc1)c1ccccc1OCCc1ccccc1. The Morgan fingerprint density at radius 3 is 2.33 bits per heavy atom. The Balaban J connectivity index is 1.23. The van der Waals surface area contributed by atoms with Gasteiger partial charge >= 0.3 is 0 Å². The number of ether oxygens (including phenoxy) is 2. The Morgan fingerprint density at radius 1 is 0.833 bits per heavy atom. The molecule has 0 aromatic heterocycles. The predicted octanol–water partition coefficient (Wildman–Crippen LogP) is 6.78. The molecule has 4 rings (SSSR count). The third-order valence-electron chi connectivity index (χ3n) is 6.48. The van der Waals surface area contributed by atoms with E-state index in [0.29, 0.717) is 17.9 Å². The van der Waals surface area contributed by atoms with Crippen molar-refractivity contribution in [1.82, 2.24) is 5.32 Å². The first-order chi connectivity index (χ1) is 17.7. The number of nitrogens with one attached hydrogen (secondary N) is 2. The lowest BCUT2D eigenvalue weighted by molar-refractivity contribution is 0.0974. The first-order valence-corrected chi connectivity index (χ1v) is 13.2. The predicted molar refractivity (Wildman–Crippen MR) is 149 cm³/mol. The first kappa shape index (κ1) is 25.7. The Labute approximate surface area is 219 Å². The van der Waals surface area contributed by atoms with Crippen LogP contribution in [0.5, 0.6) is 11.5 Å². The van der Waals surface area contributed by atoms with Crippen LogP contribution in [0.4, 0.5) is 5.69 Å². The second-order valence-corrected chi connectivity index (χ2v) is 9.56. The number of rotatable bonds is 10. The van der Waals surface area contributed by atoms with Crippen molar-refractivity contribution in [3.05, 3.63) is 90.0 Å². The summed E-state index contributed by atoms with van der Waals surface area (Å²) < 4.78 is 11.8. The summed E-state index contributed by atoms with van der Waals surface area (Å²) in [6.45, 7) is 1.23. The minimum Gasteiger partial charge on any atom is -0.494 e. The van der Waals surface area contributed by atoms with Crippen molar-refractivity contribution in [2.24, 2.45) is 5.92 Å². The number of benzene rings is 3. The van der Waals surface area contributed by atoms with Crippen LogP contribution in [0.25, 0.3) is 0 Å². The lowest BCUT2D eigenvalue weighted by atomic mass is 9.87. The van der Waals surface area contributed by atoms with Crippen LogP contribution in [0.1, 0.15) is 54.4 Å². The summed E-state index contributed by atoms with van der Waals surface area (Å²) in [6, 6.07) is 24.9. The number of para-hydroxylation sites is 1. The van der Waals surface area contributed by atoms with Gasteiger partial charge < -0.3 is 14.8 Å². The summed E-state index contributed by atoms with van der Waals surface area (Å²) in [5, 5.41) is 6.04. The molecule has 0 unspecified atom stereocenters. The molecule has 1 aliphatic carbocycles. The monoisotopic (exact) mass is 502 g/mol. The van der Waals surface area contributed by atoms with E-state index in [9.17, 15) is 4.79 Å². The van der Waals surface area contributed by atoms with Crippen LogP contribution in [0, 0.1) is 5.92 Å². The number of anilines is 1. The molecule has 0 bridgehead atoms. The van der Waals surface area contributed by atoms with Crippen molar-refractivity contribution < 1.29 is 14.3 Å². The van der Waals surface area contributed by atoms with Gasteiger partial charge in [-0.15, -0.1) is 0 Å². The maximum atomic E-state index is 12.9. The second kappa shape index (κ2) is 13.6. The summed E-state index contributed by atoms with van der Waals surface area (Å²) in [4.78, 5) is 12.9. The summed E-state index contributed by atoms with van der Waals surface area (Å²) in [5.41, 5.74) is 2.41. The van der Waals surface area contributed by atoms with Crippen molar-refractivity contribution >= 4 is 28.9 Å². The van der Waals surface area contributed by atoms with Crippen LogP contribution in [0.3, 0.4) is 0 Å². The molecule has 36 heavy (non-hydrogen) atoms. The molecule has 3 aromatic carbocycles. The second-order valence-electron chi connectivity index (χ2n) is 9.15. The quantitative estimate of drug-likeness (QED) is 0.299. The van der Waals surface area contributed by atoms with Crippen LogP contribution in [-0.4, -0.2) is 24.2 Å². The summed E-state index contributed by atoms with van der Waals surface area (Å²) in [5.74, 6) is 1.86. The van der Waals surface area contributed by atoms with Crippen LogP contribution >= 0.6 is 12.2 Å². The van der Waals surface area contributed by atoms with Gasteiger partial charge in [-0.1, -0.05) is 74.6 Å². The maximum Gasteiger partial charge on any atom is 0.261 e. The highest BCUT2D eigenvalue weighted by Gasteiger charge is 2.15. The molecule has 3 aromatic rings. The smallest absolute Gasteiger partial charge is 0.261 e. The summed E-state index contributed by atoms with van der Waals surface area (Å²) in [7, 11) is 0. The van der Waals surface area contributed by atoms with Crippen LogP contribution < -0.4 is 20.1 Å². The molecular formula is C30H34N2O3S. The molecule has 2 N–H and O–H groups in total. The molecule has 0 spiro atoms. The number of carbonyl (C=O) groups excluding carboxylic acids is 1. The van der Waals surface area contributed by atoms with E-state index < -0.39 is 0 Å². The van der Waals surface area contributed by atoms with E-state index in [1.807, 2.05) is 54.6 Å². The highest BCUT2D eigenvalue weighted by Crippen LogP contribution is 2.26. The van der Waals surface area contributed by atoms with E-state index in [-0.39, 0.29) is 11.0 Å². The van der Waals surface area contributed by atoms with Crippen LogP contribution in [-0.2, 0) is 6.42 Å². The minimum atomic E-state index is -0.314. The molecule has 1 saturated carbocycles. The largest absolute Gasteiger partial charge is 0.494 e. The highest BCUT2D eigenvalue weighted by molar-refractivity contribution is 7.80. The first-order valence-electron chi connectivity index (χ1n) is 12.8. The molecule has 0 aliphatic heterocycles. The fraction of sp³-hybridized carbons (Fsp3) is 0.333. The van der Waals surface area contributed by atoms with E-state index in [4.69, 9.17) is 21.7 Å². The third kappa shape index (κ3) is 8.09. The zero-order chi connectivity index (χ0) is 25.0. The van der Waals surface area contributed by atoms with Gasteiger partial charge in [0.15, 0.2) is 5.11 Å². The van der Waals surface area contributed by atoms with E-state index in [2.05, 4.69) is 22.8 Å². The number of carbonyl (C=O) groups is 1. The van der Waals surface area contributed by atoms with Gasteiger partial charge in [0.2, 0.25) is 0 Å². The molecule has 0 saturated heterocycles. The molecule has 0 radical (unpaired) electrons. The molecule has 1 fully saturated rings. The van der Waals surface area contributed by atoms with Gasteiger partial charge in [-0.05, 0) is 66.5 Å². The summed E-state index contributed by atoms with van der Waals surface area (Å²) in [6.07, 6.45) is 8.63. The Kier molecular flexibility index (Phi) is 9.74. The molecular weight excluding hydrogens is 468 g/mol. The highest BCUT2D eigenvalue weighted by atomic mass is 32.1. The number of thiocarbonyl (C=S) groups is 1. The van der Waals surface area contributed by atoms with Crippen molar-refractivity contribution in [2.75, 3.05) is 18.5 Å². The van der Waals surface area contributed by atoms with E-state index in [1.165, 1.54) is 37.7 Å². The van der Waals surface area contributed by atoms with Gasteiger partial charge in [0, 0.05) is 12.1 Å². The normalized spacial score (nSPS) is 13.6. The molecule has 6 heteroatoms. The van der Waals surface area contributed by atoms with Gasteiger partial charge in [-0.2, -0.15) is 0 Å². The lowest BCUT2D eigenvalue weighted by Crippen LogP contribution is -2.34. The topological polar surface area (TPSA) is 59.6 Å². The molecule has 1 amide bonds. The van der Waals surface area contributed by atoms with Crippen molar-refractivity contribution in [3.8, 4) is 11.5 Å². The van der Waals surface area contributed by atoms with E-state index in [0.717, 1.165) is 36.8 Å². The zero-order valence-corrected chi connectivity index (χ0v) is 21.4. The number of hydrogen-bond donors (Lipinski definition) is 2. The maximum absolute atomic E-state index is 12.9. The Bertz CT molecular complexity index is 1110. The zero-order valence-electron chi connectivity index (χ0n) is 20.6. The fourth-order valence-electron chi connectivity index (χ4n) is 4.49. The Morgan fingerprint density at radius 2 is 1.56 bits per heavy atom. The van der Waals surface area contributed by atoms with Crippen LogP contribution in [0.2, 0.25) is 0 Å². The average Bonchev–Trinajstić information content (AvgIpc) is 2.91. The van der Waals surface area contributed by atoms with Crippen molar-refractivity contribution in [3.63, 3.8) is 0 Å². The van der Waals surface area contributed by atoms with Gasteiger partial charge in [-0.3, -0.25) is 10.1 Å². The van der Waals surface area contributed by atoms with Crippen molar-refractivity contribution in [2.45, 2.75) is 44.9 Å². The molecule has 5 nitrogen and oxygen atoms in total. The number of hydrogen-bond acceptors (Lipinski definition) is 4. The molecule has 0 atom stereocenters. The molecule has 188 valence electrons. The lowest BCUT2D eigenvalue weighted by Gasteiger charge is -2.21. The average molecular weight is 503 g/mol. The van der Waals surface area contributed by atoms with Gasteiger partial charge in [-0.25, -0.2) is 0 Å². The summed E-state index contributed by atoms with van der Waals surface area (Å²) >= 11 is 5.37. The number of amides is 1. The van der Waals surface area contributed by atoms with E-state index in [1.54, 1.807) is 12.1 Å². The minimum absolute atomic E-state index is 0.227. The van der Waals surface area contributed by atoms with Gasteiger partial charge in [0.1, 0.15) is 11.5 Å².